The van der Waals surface area contributed by atoms with Gasteiger partial charge in [0.15, 0.2) is 0 Å². The van der Waals surface area contributed by atoms with Crippen molar-refractivity contribution in [2.24, 2.45) is 0 Å². The highest BCUT2D eigenvalue weighted by atomic mass is 19.4. The van der Waals surface area contributed by atoms with Gasteiger partial charge in [0.25, 0.3) is 0 Å². The van der Waals surface area contributed by atoms with Crippen LogP contribution >= 0.6 is 0 Å². The van der Waals surface area contributed by atoms with Crippen molar-refractivity contribution in [1.29, 1.82) is 0 Å². The summed E-state index contributed by atoms with van der Waals surface area (Å²) in [5.41, 5.74) is 1.24. The van der Waals surface area contributed by atoms with Gasteiger partial charge in [-0.05, 0) is 54.2 Å². The fourth-order valence-corrected chi connectivity index (χ4v) is 2.44. The zero-order valence-corrected chi connectivity index (χ0v) is 13.3. The molecule has 0 fully saturated rings. The van der Waals surface area contributed by atoms with Crippen LogP contribution in [-0.4, -0.2) is 6.36 Å². The monoisotopic (exact) mass is 362 g/mol. The summed E-state index contributed by atoms with van der Waals surface area (Å²) in [6.07, 6.45) is -7.75. The molecule has 0 spiro atoms. The maximum atomic E-state index is 12.5. The highest BCUT2D eigenvalue weighted by Gasteiger charge is 2.32. The maximum absolute atomic E-state index is 12.5. The lowest BCUT2D eigenvalue weighted by Gasteiger charge is -2.14. The molecule has 2 aromatic carbocycles. The summed E-state index contributed by atoms with van der Waals surface area (Å²) in [7, 11) is 0. The normalized spacial score (nSPS) is 12.3. The summed E-state index contributed by atoms with van der Waals surface area (Å²) in [4.78, 5) is 0. The van der Waals surface area contributed by atoms with Crippen molar-refractivity contribution in [3.05, 3.63) is 64.7 Å². The number of rotatable bonds is 5. The lowest BCUT2D eigenvalue weighted by atomic mass is 10.0. The third-order valence-electron chi connectivity index (χ3n) is 3.72. The van der Waals surface area contributed by atoms with E-state index in [0.29, 0.717) is 24.8 Å². The Hall–Kier alpha value is -2.18. The average molecular weight is 362 g/mol. The van der Waals surface area contributed by atoms with Crippen LogP contribution in [0.4, 0.5) is 26.3 Å². The molecule has 0 aromatic heterocycles. The highest BCUT2D eigenvalue weighted by molar-refractivity contribution is 5.38. The number of ether oxygens (including phenoxy) is 1. The zero-order valence-electron chi connectivity index (χ0n) is 13.3. The fraction of sp³-hybridized carbons (Fsp3) is 0.333. The van der Waals surface area contributed by atoms with Crippen LogP contribution in [0.2, 0.25) is 0 Å². The molecule has 0 heterocycles. The molecule has 1 nitrogen and oxygen atoms in total. The van der Waals surface area contributed by atoms with Gasteiger partial charge in [0.1, 0.15) is 5.75 Å². The van der Waals surface area contributed by atoms with Crippen molar-refractivity contribution >= 4 is 0 Å². The Bertz CT molecular complexity index is 701. The summed E-state index contributed by atoms with van der Waals surface area (Å²) >= 11 is 0. The molecule has 0 N–H and O–H groups in total. The smallest absolute Gasteiger partial charge is 0.406 e. The van der Waals surface area contributed by atoms with E-state index in [1.807, 2.05) is 0 Å². The number of hydrogen-bond donors (Lipinski definition) is 0. The van der Waals surface area contributed by atoms with E-state index in [0.717, 1.165) is 23.3 Å². The van der Waals surface area contributed by atoms with Crippen molar-refractivity contribution in [2.45, 2.75) is 38.7 Å². The van der Waals surface area contributed by atoms with E-state index in [-0.39, 0.29) is 5.75 Å². The molecule has 0 saturated heterocycles. The van der Waals surface area contributed by atoms with Gasteiger partial charge in [-0.3, -0.25) is 0 Å². The van der Waals surface area contributed by atoms with Crippen molar-refractivity contribution in [1.82, 2.24) is 0 Å². The molecule has 2 aromatic rings. The van der Waals surface area contributed by atoms with Crippen LogP contribution in [0, 0.1) is 0 Å². The van der Waals surface area contributed by atoms with E-state index in [9.17, 15) is 26.3 Å². The van der Waals surface area contributed by atoms with Gasteiger partial charge in [-0.1, -0.05) is 31.2 Å². The van der Waals surface area contributed by atoms with E-state index >= 15 is 0 Å². The summed E-state index contributed by atoms with van der Waals surface area (Å²) in [6, 6.07) is 9.29. The van der Waals surface area contributed by atoms with Gasteiger partial charge in [-0.25, -0.2) is 0 Å². The first-order valence-electron chi connectivity index (χ1n) is 7.62. The molecule has 0 aliphatic rings. The van der Waals surface area contributed by atoms with Crippen molar-refractivity contribution in [3.63, 3.8) is 0 Å². The van der Waals surface area contributed by atoms with Gasteiger partial charge in [0, 0.05) is 0 Å². The molecular weight excluding hydrogens is 346 g/mol. The Labute approximate surface area is 141 Å². The van der Waals surface area contributed by atoms with Gasteiger partial charge >= 0.3 is 12.5 Å². The standard InChI is InChI=1S/C18H16F6O/c1-2-14-11-13(7-10-16(14)25-18(22,23)24)4-3-12-5-8-15(9-6-12)17(19,20)21/h5-11H,2-4H2,1H3. The van der Waals surface area contributed by atoms with Crippen molar-refractivity contribution in [2.75, 3.05) is 0 Å². The third kappa shape index (κ3) is 5.69. The van der Waals surface area contributed by atoms with E-state index in [1.54, 1.807) is 13.0 Å². The molecule has 0 saturated carbocycles. The first kappa shape index (κ1) is 19.1. The summed E-state index contributed by atoms with van der Waals surface area (Å²) in [6.45, 7) is 1.72. The van der Waals surface area contributed by atoms with Gasteiger partial charge in [-0.2, -0.15) is 13.2 Å². The van der Waals surface area contributed by atoms with Gasteiger partial charge < -0.3 is 4.74 Å². The minimum absolute atomic E-state index is 0.228. The molecule has 0 amide bonds. The first-order valence-corrected chi connectivity index (χ1v) is 7.62. The molecule has 0 bridgehead atoms. The Morgan fingerprint density at radius 1 is 0.800 bits per heavy atom. The molecular formula is C18H16F6O. The quantitative estimate of drug-likeness (QED) is 0.597. The van der Waals surface area contributed by atoms with Gasteiger partial charge in [0.05, 0.1) is 5.56 Å². The summed E-state index contributed by atoms with van der Waals surface area (Å²) in [5, 5.41) is 0. The summed E-state index contributed by atoms with van der Waals surface area (Å²) < 4.78 is 78.6. The summed E-state index contributed by atoms with van der Waals surface area (Å²) in [5.74, 6) is -0.228. The molecule has 2 rings (SSSR count). The van der Waals surface area contributed by atoms with Crippen molar-refractivity contribution in [3.8, 4) is 5.75 Å². The number of alkyl halides is 6. The van der Waals surface area contributed by atoms with Crippen LogP contribution in [-0.2, 0) is 25.4 Å². The second kappa shape index (κ2) is 7.37. The van der Waals surface area contributed by atoms with Crippen molar-refractivity contribution < 1.29 is 31.1 Å². The van der Waals surface area contributed by atoms with E-state index in [1.165, 1.54) is 24.3 Å². The van der Waals surface area contributed by atoms with Gasteiger partial charge in [0.2, 0.25) is 0 Å². The Kier molecular flexibility index (Phi) is 5.65. The molecule has 136 valence electrons. The first-order chi connectivity index (χ1) is 11.6. The minimum atomic E-state index is -4.74. The molecule has 0 aliphatic carbocycles. The lowest BCUT2D eigenvalue weighted by Crippen LogP contribution is -2.18. The second-order valence-corrected chi connectivity index (χ2v) is 5.54. The van der Waals surface area contributed by atoms with Crippen LogP contribution in [0.1, 0.15) is 29.2 Å². The molecule has 0 aliphatic heterocycles. The molecule has 0 radical (unpaired) electrons. The van der Waals surface area contributed by atoms with Crippen LogP contribution in [0.15, 0.2) is 42.5 Å². The SMILES string of the molecule is CCc1cc(CCc2ccc(C(F)(F)F)cc2)ccc1OC(F)(F)F. The van der Waals surface area contributed by atoms with E-state index in [2.05, 4.69) is 4.74 Å². The van der Waals surface area contributed by atoms with Gasteiger partial charge in [-0.15, -0.1) is 13.2 Å². The minimum Gasteiger partial charge on any atom is -0.406 e. The fourth-order valence-electron chi connectivity index (χ4n) is 2.44. The molecule has 0 atom stereocenters. The topological polar surface area (TPSA) is 9.23 Å². The average Bonchev–Trinajstić information content (AvgIpc) is 2.52. The van der Waals surface area contributed by atoms with Crippen LogP contribution in [0.3, 0.4) is 0 Å². The zero-order chi connectivity index (χ0) is 18.7. The van der Waals surface area contributed by atoms with E-state index in [4.69, 9.17) is 0 Å². The largest absolute Gasteiger partial charge is 0.573 e. The number of benzene rings is 2. The van der Waals surface area contributed by atoms with Crippen LogP contribution in [0.5, 0.6) is 5.75 Å². The van der Waals surface area contributed by atoms with Crippen LogP contribution < -0.4 is 4.74 Å². The van der Waals surface area contributed by atoms with E-state index < -0.39 is 18.1 Å². The molecule has 7 heteroatoms. The number of hydrogen-bond acceptors (Lipinski definition) is 1. The Morgan fingerprint density at radius 2 is 1.36 bits per heavy atom. The second-order valence-electron chi connectivity index (χ2n) is 5.54. The lowest BCUT2D eigenvalue weighted by molar-refractivity contribution is -0.274. The Balaban J connectivity index is 2.05. The predicted octanol–water partition coefficient (Wildman–Crippen LogP) is 5.95. The predicted molar refractivity (Wildman–Crippen MR) is 81.4 cm³/mol. The number of halogens is 6. The Morgan fingerprint density at radius 3 is 1.88 bits per heavy atom. The number of aryl methyl sites for hydroxylation is 3. The molecule has 25 heavy (non-hydrogen) atoms. The van der Waals surface area contributed by atoms with Crippen LogP contribution in [0.25, 0.3) is 0 Å². The third-order valence-corrected chi connectivity index (χ3v) is 3.72. The molecule has 0 unspecified atom stereocenters. The maximum Gasteiger partial charge on any atom is 0.573 e. The highest BCUT2D eigenvalue weighted by Crippen LogP contribution is 2.30.